The zero-order valence-corrected chi connectivity index (χ0v) is 27.1. The smallest absolute Gasteiger partial charge is 0.315 e. The highest BCUT2D eigenvalue weighted by atomic mass is 35.5. The molecule has 10 nitrogen and oxygen atoms in total. The second-order valence-corrected chi connectivity index (χ2v) is 11.9. The molecule has 1 aromatic heterocycles. The number of hydrogen-bond acceptors (Lipinski definition) is 6. The maximum Gasteiger partial charge on any atom is 0.315 e. The van der Waals surface area contributed by atoms with Gasteiger partial charge in [0.2, 0.25) is 0 Å². The summed E-state index contributed by atoms with van der Waals surface area (Å²) in [6, 6.07) is 12.4. The van der Waals surface area contributed by atoms with E-state index in [0.717, 1.165) is 52.5 Å². The SMILES string of the molecule is CCC(N1CCOCC1=S)n1nc(-c2ccc(Cl)c(C#Cc3ccc(C(=O)NCCCNC)cc3)c2)c2c1CCN(C(N)=O)C2. The van der Waals surface area contributed by atoms with Gasteiger partial charge in [0.1, 0.15) is 11.2 Å². The van der Waals surface area contributed by atoms with Crippen molar-refractivity contribution in [1.82, 2.24) is 30.2 Å². The largest absolute Gasteiger partial charge is 0.372 e. The van der Waals surface area contributed by atoms with Gasteiger partial charge in [-0.25, -0.2) is 9.48 Å². The third-order valence-corrected chi connectivity index (χ3v) is 8.73. The zero-order valence-electron chi connectivity index (χ0n) is 25.6. The molecular formula is C33H38ClN7O3S. The van der Waals surface area contributed by atoms with Crippen molar-refractivity contribution in [3.05, 3.63) is 75.4 Å². The first kappa shape index (κ1) is 32.4. The number of nitrogens with two attached hydrogens (primary N) is 1. The first-order valence-electron chi connectivity index (χ1n) is 15.2. The molecule has 4 N–H and O–H groups in total. The molecule has 0 aliphatic carbocycles. The maximum absolute atomic E-state index is 12.4. The molecule has 1 fully saturated rings. The quantitative estimate of drug-likeness (QED) is 0.183. The summed E-state index contributed by atoms with van der Waals surface area (Å²) < 4.78 is 7.64. The van der Waals surface area contributed by atoms with Gasteiger partial charge in [-0.2, -0.15) is 5.10 Å². The molecule has 2 aromatic carbocycles. The lowest BCUT2D eigenvalue weighted by Gasteiger charge is -2.37. The number of hydrogen-bond donors (Lipinski definition) is 3. The Morgan fingerprint density at radius 2 is 1.96 bits per heavy atom. The minimum atomic E-state index is -0.458. The van der Waals surface area contributed by atoms with Crippen LogP contribution in [0.15, 0.2) is 42.5 Å². The summed E-state index contributed by atoms with van der Waals surface area (Å²) in [5.41, 5.74) is 11.3. The number of nitrogens with zero attached hydrogens (tertiary/aromatic N) is 4. The van der Waals surface area contributed by atoms with Gasteiger partial charge in [-0.15, -0.1) is 0 Å². The molecule has 1 saturated heterocycles. The number of amides is 3. The van der Waals surface area contributed by atoms with Crippen LogP contribution in [0.1, 0.15) is 58.7 Å². The molecule has 0 radical (unpaired) electrons. The Balaban J connectivity index is 1.44. The van der Waals surface area contributed by atoms with Crippen LogP contribution in [0.25, 0.3) is 11.3 Å². The molecule has 12 heteroatoms. The van der Waals surface area contributed by atoms with E-state index in [-0.39, 0.29) is 12.1 Å². The van der Waals surface area contributed by atoms with E-state index in [0.29, 0.717) is 62.0 Å². The Kier molecular flexibility index (Phi) is 10.7. The van der Waals surface area contributed by atoms with Gasteiger partial charge in [0.15, 0.2) is 0 Å². The number of carbonyl (C=O) groups excluding carboxylic acids is 2. The van der Waals surface area contributed by atoms with Gasteiger partial charge in [0, 0.05) is 59.6 Å². The highest BCUT2D eigenvalue weighted by Crippen LogP contribution is 2.35. The molecule has 236 valence electrons. The Morgan fingerprint density at radius 3 is 2.67 bits per heavy atom. The van der Waals surface area contributed by atoms with Crippen LogP contribution < -0.4 is 16.4 Å². The number of urea groups is 1. The molecule has 0 spiro atoms. The third-order valence-electron chi connectivity index (χ3n) is 8.04. The van der Waals surface area contributed by atoms with Crippen LogP contribution in [0, 0.1) is 11.8 Å². The molecule has 2 aliphatic rings. The van der Waals surface area contributed by atoms with E-state index in [1.807, 2.05) is 37.4 Å². The van der Waals surface area contributed by atoms with Crippen molar-refractivity contribution in [3.63, 3.8) is 0 Å². The van der Waals surface area contributed by atoms with E-state index in [1.54, 1.807) is 17.0 Å². The van der Waals surface area contributed by atoms with E-state index >= 15 is 0 Å². The topological polar surface area (TPSA) is 118 Å². The van der Waals surface area contributed by atoms with Crippen LogP contribution in [0.5, 0.6) is 0 Å². The molecule has 0 bridgehead atoms. The van der Waals surface area contributed by atoms with Gasteiger partial charge in [0.05, 0.1) is 30.5 Å². The Morgan fingerprint density at radius 1 is 1.16 bits per heavy atom. The predicted molar refractivity (Wildman–Crippen MR) is 179 cm³/mol. The van der Waals surface area contributed by atoms with Crippen LogP contribution in [0.3, 0.4) is 0 Å². The number of ether oxygens (including phenoxy) is 1. The number of halogens is 1. The van der Waals surface area contributed by atoms with Crippen molar-refractivity contribution in [1.29, 1.82) is 0 Å². The second-order valence-electron chi connectivity index (χ2n) is 11.0. The fraction of sp³-hybridized carbons (Fsp3) is 0.394. The summed E-state index contributed by atoms with van der Waals surface area (Å²) in [5, 5.41) is 11.6. The highest BCUT2D eigenvalue weighted by molar-refractivity contribution is 7.80. The third kappa shape index (κ3) is 7.48. The molecule has 2 aliphatic heterocycles. The van der Waals surface area contributed by atoms with Crippen LogP contribution in [0.4, 0.5) is 4.79 Å². The molecule has 0 saturated carbocycles. The lowest BCUT2D eigenvalue weighted by molar-refractivity contribution is 0.0797. The number of thiocarbonyl (C=S) groups is 1. The normalized spacial score (nSPS) is 15.2. The summed E-state index contributed by atoms with van der Waals surface area (Å²) in [6.45, 7) is 6.18. The number of aromatic nitrogens is 2. The van der Waals surface area contributed by atoms with Crippen LogP contribution >= 0.6 is 23.8 Å². The number of carbonyl (C=O) groups is 2. The summed E-state index contributed by atoms with van der Waals surface area (Å²) in [6.07, 6.45) is 2.21. The predicted octanol–water partition coefficient (Wildman–Crippen LogP) is 3.95. The van der Waals surface area contributed by atoms with E-state index < -0.39 is 6.03 Å². The molecule has 3 heterocycles. The lowest BCUT2D eigenvalue weighted by Crippen LogP contribution is -2.46. The minimum absolute atomic E-state index is 0.0750. The standard InChI is InChI=1S/C33H38ClN7O3S/c1-3-29(40-17-18-44-21-30(40)45)41-28-13-16-39(33(35)43)20-26(28)31(38-41)25-11-12-27(34)24(19-25)10-7-22-5-8-23(9-6-22)32(42)37-15-4-14-36-2/h5-6,8-9,11-12,19,29,36H,3-4,13-18,20-21H2,1-2H3,(H2,35,43)(H,37,42). The van der Waals surface area contributed by atoms with Crippen molar-refractivity contribution in [2.75, 3.05) is 46.4 Å². The molecule has 1 atom stereocenters. The summed E-state index contributed by atoms with van der Waals surface area (Å²) >= 11 is 12.3. The first-order chi connectivity index (χ1) is 21.8. The fourth-order valence-electron chi connectivity index (χ4n) is 5.66. The number of benzene rings is 2. The molecule has 5 rings (SSSR count). The lowest BCUT2D eigenvalue weighted by atomic mass is 9.99. The second kappa shape index (κ2) is 14.9. The Hall–Kier alpha value is -3.95. The molecule has 3 aromatic rings. The molecule has 3 amide bonds. The van der Waals surface area contributed by atoms with Gasteiger partial charge in [-0.05, 0) is 62.8 Å². The van der Waals surface area contributed by atoms with Crippen molar-refractivity contribution in [3.8, 4) is 23.1 Å². The summed E-state index contributed by atoms with van der Waals surface area (Å²) in [4.78, 5) is 29.2. The molecule has 45 heavy (non-hydrogen) atoms. The molecule has 1 unspecified atom stereocenters. The number of fused-ring (bicyclic) bond motifs is 1. The van der Waals surface area contributed by atoms with E-state index in [2.05, 4.69) is 39.0 Å². The highest BCUT2D eigenvalue weighted by Gasteiger charge is 2.32. The summed E-state index contributed by atoms with van der Waals surface area (Å²) in [5.74, 6) is 6.25. The van der Waals surface area contributed by atoms with Crippen LogP contribution in [-0.4, -0.2) is 82.9 Å². The van der Waals surface area contributed by atoms with Gasteiger partial charge in [-0.1, -0.05) is 48.6 Å². The first-order valence-corrected chi connectivity index (χ1v) is 16.0. The van der Waals surface area contributed by atoms with E-state index in [9.17, 15) is 9.59 Å². The zero-order chi connectivity index (χ0) is 31.9. The van der Waals surface area contributed by atoms with E-state index in [1.165, 1.54) is 0 Å². The number of morpholine rings is 1. The van der Waals surface area contributed by atoms with Crippen LogP contribution in [0.2, 0.25) is 5.02 Å². The molecular weight excluding hydrogens is 610 g/mol. The van der Waals surface area contributed by atoms with Crippen molar-refractivity contribution >= 4 is 40.7 Å². The average molecular weight is 648 g/mol. The van der Waals surface area contributed by atoms with E-state index in [4.69, 9.17) is 39.4 Å². The van der Waals surface area contributed by atoms with Crippen molar-refractivity contribution in [2.24, 2.45) is 5.73 Å². The Bertz CT molecular complexity index is 1630. The minimum Gasteiger partial charge on any atom is -0.372 e. The number of primary amides is 1. The summed E-state index contributed by atoms with van der Waals surface area (Å²) in [7, 11) is 1.89. The van der Waals surface area contributed by atoms with Gasteiger partial charge in [0.25, 0.3) is 5.91 Å². The van der Waals surface area contributed by atoms with Gasteiger partial charge < -0.3 is 30.9 Å². The number of nitrogens with one attached hydrogen (secondary N) is 2. The van der Waals surface area contributed by atoms with Crippen molar-refractivity contribution in [2.45, 2.75) is 38.9 Å². The monoisotopic (exact) mass is 647 g/mol. The average Bonchev–Trinajstić information content (AvgIpc) is 3.42. The van der Waals surface area contributed by atoms with Crippen LogP contribution in [-0.2, 0) is 17.7 Å². The maximum atomic E-state index is 12.4. The van der Waals surface area contributed by atoms with Gasteiger partial charge in [-0.3, -0.25) is 4.79 Å². The Labute approximate surface area is 274 Å². The van der Waals surface area contributed by atoms with Gasteiger partial charge >= 0.3 is 6.03 Å². The fourth-order valence-corrected chi connectivity index (χ4v) is 6.13. The van der Waals surface area contributed by atoms with Crippen molar-refractivity contribution < 1.29 is 14.3 Å². The number of rotatable bonds is 9.